The Morgan fingerprint density at radius 3 is 2.62 bits per heavy atom. The molecular weight excluding hydrogens is 218 g/mol. The molecule has 1 saturated carbocycles. The lowest BCUT2D eigenvalue weighted by Gasteiger charge is -2.33. The van der Waals surface area contributed by atoms with Gasteiger partial charge in [-0.25, -0.2) is 0 Å². The molecule has 0 spiro atoms. The SMILES string of the molecule is COC1CCCCC1NCC1CCSCC1. The first-order chi connectivity index (χ1) is 7.90. The van der Waals surface area contributed by atoms with E-state index in [-0.39, 0.29) is 0 Å². The van der Waals surface area contributed by atoms with Gasteiger partial charge in [-0.1, -0.05) is 12.8 Å². The molecule has 0 amide bonds. The summed E-state index contributed by atoms with van der Waals surface area (Å²) in [6.45, 7) is 1.21. The van der Waals surface area contributed by atoms with Gasteiger partial charge in [-0.3, -0.25) is 0 Å². The molecule has 94 valence electrons. The van der Waals surface area contributed by atoms with E-state index in [1.165, 1.54) is 56.6 Å². The van der Waals surface area contributed by atoms with E-state index < -0.39 is 0 Å². The van der Waals surface area contributed by atoms with E-state index >= 15 is 0 Å². The summed E-state index contributed by atoms with van der Waals surface area (Å²) < 4.78 is 5.58. The molecule has 0 bridgehead atoms. The molecule has 0 aromatic heterocycles. The van der Waals surface area contributed by atoms with Crippen LogP contribution >= 0.6 is 11.8 Å². The van der Waals surface area contributed by atoms with Gasteiger partial charge in [-0.05, 0) is 49.7 Å². The smallest absolute Gasteiger partial charge is 0.0724 e. The van der Waals surface area contributed by atoms with Crippen LogP contribution in [-0.2, 0) is 4.74 Å². The molecule has 0 aromatic rings. The van der Waals surface area contributed by atoms with E-state index in [4.69, 9.17) is 4.74 Å². The van der Waals surface area contributed by atoms with Crippen molar-refractivity contribution < 1.29 is 4.74 Å². The minimum absolute atomic E-state index is 0.465. The summed E-state index contributed by atoms with van der Waals surface area (Å²) in [6, 6.07) is 0.619. The second kappa shape index (κ2) is 6.87. The quantitative estimate of drug-likeness (QED) is 0.820. The fraction of sp³-hybridized carbons (Fsp3) is 1.00. The molecule has 1 aliphatic heterocycles. The van der Waals surface area contributed by atoms with Crippen LogP contribution in [0.25, 0.3) is 0 Å². The Labute approximate surface area is 104 Å². The average Bonchev–Trinajstić information content (AvgIpc) is 2.38. The topological polar surface area (TPSA) is 21.3 Å². The third kappa shape index (κ3) is 3.64. The lowest BCUT2D eigenvalue weighted by atomic mass is 9.91. The minimum atomic E-state index is 0.465. The molecule has 1 N–H and O–H groups in total. The Bertz CT molecular complexity index is 194. The average molecular weight is 243 g/mol. The van der Waals surface area contributed by atoms with Crippen LogP contribution in [0, 0.1) is 5.92 Å². The minimum Gasteiger partial charge on any atom is -0.380 e. The van der Waals surface area contributed by atoms with Gasteiger partial charge < -0.3 is 10.1 Å². The maximum absolute atomic E-state index is 5.58. The second-order valence-corrected chi connectivity index (χ2v) is 6.35. The summed E-state index contributed by atoms with van der Waals surface area (Å²) in [5, 5.41) is 3.76. The van der Waals surface area contributed by atoms with Gasteiger partial charge in [0.15, 0.2) is 0 Å². The highest BCUT2D eigenvalue weighted by Crippen LogP contribution is 2.24. The van der Waals surface area contributed by atoms with Crippen LogP contribution in [0.2, 0.25) is 0 Å². The summed E-state index contributed by atoms with van der Waals surface area (Å²) in [5.41, 5.74) is 0. The lowest BCUT2D eigenvalue weighted by molar-refractivity contribution is 0.0404. The molecule has 2 unspecified atom stereocenters. The zero-order valence-electron chi connectivity index (χ0n) is 10.4. The number of thioether (sulfide) groups is 1. The number of hydrogen-bond donors (Lipinski definition) is 1. The van der Waals surface area contributed by atoms with Crippen molar-refractivity contribution in [1.29, 1.82) is 0 Å². The molecule has 0 aromatic carbocycles. The van der Waals surface area contributed by atoms with E-state index in [0.29, 0.717) is 12.1 Å². The van der Waals surface area contributed by atoms with Gasteiger partial charge in [-0.2, -0.15) is 11.8 Å². The van der Waals surface area contributed by atoms with Crippen LogP contribution in [0.1, 0.15) is 38.5 Å². The number of hydrogen-bond acceptors (Lipinski definition) is 3. The highest BCUT2D eigenvalue weighted by Gasteiger charge is 2.25. The van der Waals surface area contributed by atoms with E-state index in [9.17, 15) is 0 Å². The van der Waals surface area contributed by atoms with Crippen molar-refractivity contribution in [2.24, 2.45) is 5.92 Å². The van der Waals surface area contributed by atoms with Gasteiger partial charge in [0.05, 0.1) is 6.10 Å². The summed E-state index contributed by atoms with van der Waals surface area (Å²) in [5.74, 6) is 3.65. The first-order valence-corrected chi connectivity index (χ1v) is 7.89. The van der Waals surface area contributed by atoms with E-state index in [0.717, 1.165) is 5.92 Å². The molecule has 1 aliphatic carbocycles. The van der Waals surface area contributed by atoms with Gasteiger partial charge in [0.1, 0.15) is 0 Å². The van der Waals surface area contributed by atoms with Crippen LogP contribution in [0.15, 0.2) is 0 Å². The normalized spacial score (nSPS) is 32.8. The van der Waals surface area contributed by atoms with Crippen molar-refractivity contribution in [3.05, 3.63) is 0 Å². The third-order valence-corrected chi connectivity index (χ3v) is 5.06. The molecule has 1 heterocycles. The van der Waals surface area contributed by atoms with Gasteiger partial charge >= 0.3 is 0 Å². The van der Waals surface area contributed by atoms with E-state index in [1.54, 1.807) is 0 Å². The fourth-order valence-corrected chi connectivity index (χ4v) is 4.09. The molecule has 3 heteroatoms. The van der Waals surface area contributed by atoms with E-state index in [1.807, 2.05) is 7.11 Å². The molecule has 2 fully saturated rings. The molecule has 2 aliphatic rings. The van der Waals surface area contributed by atoms with Crippen LogP contribution in [0.4, 0.5) is 0 Å². The Morgan fingerprint density at radius 2 is 1.88 bits per heavy atom. The Kier molecular flexibility index (Phi) is 5.46. The maximum Gasteiger partial charge on any atom is 0.0724 e. The summed E-state index contributed by atoms with van der Waals surface area (Å²) in [7, 11) is 1.86. The van der Waals surface area contributed by atoms with Crippen molar-refractivity contribution in [3.63, 3.8) is 0 Å². The first kappa shape index (κ1) is 12.7. The van der Waals surface area contributed by atoms with E-state index in [2.05, 4.69) is 17.1 Å². The molecular formula is C13H25NOS. The molecule has 2 rings (SSSR count). The van der Waals surface area contributed by atoms with Crippen LogP contribution in [0.3, 0.4) is 0 Å². The monoisotopic (exact) mass is 243 g/mol. The molecule has 16 heavy (non-hydrogen) atoms. The lowest BCUT2D eigenvalue weighted by Crippen LogP contribution is -2.45. The molecule has 2 nitrogen and oxygen atoms in total. The number of nitrogens with one attached hydrogen (secondary N) is 1. The van der Waals surface area contributed by atoms with Crippen LogP contribution in [-0.4, -0.2) is 37.3 Å². The Hall–Kier alpha value is 0.270. The molecule has 0 radical (unpaired) electrons. The van der Waals surface area contributed by atoms with Crippen molar-refractivity contribution in [2.45, 2.75) is 50.7 Å². The standard InChI is InChI=1S/C13H25NOS/c1-15-13-5-3-2-4-12(13)14-10-11-6-8-16-9-7-11/h11-14H,2-10H2,1H3. The van der Waals surface area contributed by atoms with Crippen molar-refractivity contribution in [2.75, 3.05) is 25.2 Å². The zero-order valence-corrected chi connectivity index (χ0v) is 11.2. The van der Waals surface area contributed by atoms with Crippen LogP contribution < -0.4 is 5.32 Å². The summed E-state index contributed by atoms with van der Waals surface area (Å²) >= 11 is 2.11. The Balaban J connectivity index is 1.70. The summed E-state index contributed by atoms with van der Waals surface area (Å²) in [6.07, 6.45) is 8.54. The van der Waals surface area contributed by atoms with Gasteiger partial charge in [0, 0.05) is 13.2 Å². The van der Waals surface area contributed by atoms with Crippen molar-refractivity contribution >= 4 is 11.8 Å². The van der Waals surface area contributed by atoms with Gasteiger partial charge in [0.25, 0.3) is 0 Å². The maximum atomic E-state index is 5.58. The highest BCUT2D eigenvalue weighted by molar-refractivity contribution is 7.99. The van der Waals surface area contributed by atoms with Gasteiger partial charge in [-0.15, -0.1) is 0 Å². The molecule has 1 saturated heterocycles. The fourth-order valence-electron chi connectivity index (χ4n) is 2.88. The zero-order chi connectivity index (χ0) is 11.2. The van der Waals surface area contributed by atoms with Crippen molar-refractivity contribution in [3.8, 4) is 0 Å². The van der Waals surface area contributed by atoms with Crippen LogP contribution in [0.5, 0.6) is 0 Å². The first-order valence-electron chi connectivity index (χ1n) is 6.74. The largest absolute Gasteiger partial charge is 0.380 e. The number of rotatable bonds is 4. The second-order valence-electron chi connectivity index (χ2n) is 5.13. The highest BCUT2D eigenvalue weighted by atomic mass is 32.2. The predicted molar refractivity (Wildman–Crippen MR) is 71.1 cm³/mol. The number of ether oxygens (including phenoxy) is 1. The third-order valence-electron chi connectivity index (χ3n) is 4.01. The Morgan fingerprint density at radius 1 is 1.12 bits per heavy atom. The predicted octanol–water partition coefficient (Wildman–Crippen LogP) is 2.68. The summed E-state index contributed by atoms with van der Waals surface area (Å²) in [4.78, 5) is 0. The van der Waals surface area contributed by atoms with Gasteiger partial charge in [0.2, 0.25) is 0 Å². The van der Waals surface area contributed by atoms with Crippen molar-refractivity contribution in [1.82, 2.24) is 5.32 Å². The number of methoxy groups -OCH3 is 1. The molecule has 2 atom stereocenters.